The average Bonchev–Trinajstić information content (AvgIpc) is 2.84. The zero-order chi connectivity index (χ0) is 23.4. The van der Waals surface area contributed by atoms with Crippen molar-refractivity contribution in [1.82, 2.24) is 19.9 Å². The van der Waals surface area contributed by atoms with Gasteiger partial charge in [0.15, 0.2) is 0 Å². The average molecular weight is 446 g/mol. The number of pyridine rings is 1. The summed E-state index contributed by atoms with van der Waals surface area (Å²) in [6.45, 7) is 2.75. The van der Waals surface area contributed by atoms with Crippen molar-refractivity contribution in [3.63, 3.8) is 0 Å². The van der Waals surface area contributed by atoms with Crippen LogP contribution in [0.4, 0.5) is 5.95 Å². The minimum Gasteiger partial charge on any atom is -0.496 e. The summed E-state index contributed by atoms with van der Waals surface area (Å²) in [5.41, 5.74) is 4.87. The Hall–Kier alpha value is -3.48. The fourth-order valence-electron chi connectivity index (χ4n) is 4.43. The van der Waals surface area contributed by atoms with Gasteiger partial charge in [-0.2, -0.15) is 0 Å². The molecule has 1 aliphatic heterocycles. The van der Waals surface area contributed by atoms with E-state index in [1.807, 2.05) is 67.3 Å². The molecule has 1 aliphatic rings. The third-order valence-electron chi connectivity index (χ3n) is 6.11. The Morgan fingerprint density at radius 1 is 1.18 bits per heavy atom. The molecule has 33 heavy (non-hydrogen) atoms. The molecule has 7 heteroatoms. The van der Waals surface area contributed by atoms with Crippen LogP contribution in [0.15, 0.2) is 48.9 Å². The number of piperidine rings is 1. The summed E-state index contributed by atoms with van der Waals surface area (Å²) in [6, 6.07) is 9.79. The minimum atomic E-state index is -0.105. The first-order chi connectivity index (χ1) is 16.0. The van der Waals surface area contributed by atoms with Gasteiger partial charge in [-0.05, 0) is 49.9 Å². The molecule has 1 aromatic carbocycles. The monoisotopic (exact) mass is 445 g/mol. The van der Waals surface area contributed by atoms with Gasteiger partial charge in [0.1, 0.15) is 5.75 Å². The van der Waals surface area contributed by atoms with Gasteiger partial charge in [0.25, 0.3) is 0 Å². The van der Waals surface area contributed by atoms with Crippen LogP contribution < -0.4 is 9.64 Å². The van der Waals surface area contributed by atoms with Gasteiger partial charge in [0.2, 0.25) is 11.9 Å². The molecule has 7 nitrogen and oxygen atoms in total. The lowest BCUT2D eigenvalue weighted by molar-refractivity contribution is -0.134. The third-order valence-corrected chi connectivity index (χ3v) is 6.11. The molecule has 3 aromatic rings. The van der Waals surface area contributed by atoms with Gasteiger partial charge in [-0.25, -0.2) is 9.97 Å². The summed E-state index contributed by atoms with van der Waals surface area (Å²) >= 11 is 0. The number of benzene rings is 1. The predicted molar refractivity (Wildman–Crippen MR) is 129 cm³/mol. The third kappa shape index (κ3) is 4.97. The van der Waals surface area contributed by atoms with E-state index < -0.39 is 0 Å². The van der Waals surface area contributed by atoms with Gasteiger partial charge >= 0.3 is 0 Å². The van der Waals surface area contributed by atoms with E-state index in [4.69, 9.17) is 9.72 Å². The van der Waals surface area contributed by atoms with E-state index in [1.54, 1.807) is 19.5 Å². The Balaban J connectivity index is 1.72. The topological polar surface area (TPSA) is 71.5 Å². The number of amides is 1. The van der Waals surface area contributed by atoms with Gasteiger partial charge in [-0.3, -0.25) is 9.78 Å². The van der Waals surface area contributed by atoms with Crippen molar-refractivity contribution in [2.45, 2.75) is 38.6 Å². The Bertz CT molecular complexity index is 1120. The first-order valence-electron chi connectivity index (χ1n) is 11.4. The van der Waals surface area contributed by atoms with Crippen molar-refractivity contribution in [3.8, 4) is 16.9 Å². The Morgan fingerprint density at radius 2 is 1.97 bits per heavy atom. The number of likely N-dealkylation sites (tertiary alicyclic amines) is 1. The van der Waals surface area contributed by atoms with Crippen LogP contribution in [0.5, 0.6) is 5.75 Å². The Labute approximate surface area is 195 Å². The summed E-state index contributed by atoms with van der Waals surface area (Å²) in [5, 5.41) is 0. The summed E-state index contributed by atoms with van der Waals surface area (Å²) in [6.07, 6.45) is 8.63. The summed E-state index contributed by atoms with van der Waals surface area (Å²) in [7, 11) is 5.51. The molecule has 1 fully saturated rings. The Kier molecular flexibility index (Phi) is 6.87. The van der Waals surface area contributed by atoms with E-state index in [0.717, 1.165) is 53.0 Å². The molecule has 0 aliphatic carbocycles. The fraction of sp³-hybridized carbons (Fsp3) is 0.385. The molecule has 3 heterocycles. The molecule has 0 N–H and O–H groups in total. The SMILES string of the molecule is COc1ccc(C)cc1CC(=O)N1CCCC[C@@H]1c1nc(N(C)C)ncc1-c1ccncc1. The van der Waals surface area contributed by atoms with E-state index in [9.17, 15) is 4.79 Å². The van der Waals surface area contributed by atoms with E-state index in [2.05, 4.69) is 9.97 Å². The fourth-order valence-corrected chi connectivity index (χ4v) is 4.43. The van der Waals surface area contributed by atoms with Crippen molar-refractivity contribution in [3.05, 3.63) is 65.7 Å². The minimum absolute atomic E-state index is 0.0919. The van der Waals surface area contributed by atoms with Crippen molar-refractivity contribution < 1.29 is 9.53 Å². The maximum absolute atomic E-state index is 13.6. The zero-order valence-corrected chi connectivity index (χ0v) is 19.8. The number of rotatable bonds is 6. The highest BCUT2D eigenvalue weighted by molar-refractivity contribution is 5.80. The van der Waals surface area contributed by atoms with Gasteiger partial charge in [0, 0.05) is 50.4 Å². The van der Waals surface area contributed by atoms with Crippen molar-refractivity contribution in [1.29, 1.82) is 0 Å². The smallest absolute Gasteiger partial charge is 0.227 e. The number of hydrogen-bond donors (Lipinski definition) is 0. The van der Waals surface area contributed by atoms with E-state index in [1.165, 1.54) is 0 Å². The molecule has 0 radical (unpaired) electrons. The highest BCUT2D eigenvalue weighted by Crippen LogP contribution is 2.37. The van der Waals surface area contributed by atoms with Crippen molar-refractivity contribution >= 4 is 11.9 Å². The number of carbonyl (C=O) groups excluding carboxylic acids is 1. The number of nitrogens with zero attached hydrogens (tertiary/aromatic N) is 5. The maximum Gasteiger partial charge on any atom is 0.227 e. The molecule has 0 unspecified atom stereocenters. The van der Waals surface area contributed by atoms with Gasteiger partial charge in [0.05, 0.1) is 25.3 Å². The number of carbonyl (C=O) groups is 1. The van der Waals surface area contributed by atoms with Crippen LogP contribution in [-0.2, 0) is 11.2 Å². The number of anilines is 1. The highest BCUT2D eigenvalue weighted by Gasteiger charge is 2.32. The molecule has 1 atom stereocenters. The number of hydrogen-bond acceptors (Lipinski definition) is 6. The van der Waals surface area contributed by atoms with E-state index in [0.29, 0.717) is 18.9 Å². The Morgan fingerprint density at radius 3 is 2.70 bits per heavy atom. The van der Waals surface area contributed by atoms with Gasteiger partial charge in [-0.15, -0.1) is 0 Å². The number of methoxy groups -OCH3 is 1. The second-order valence-corrected chi connectivity index (χ2v) is 8.69. The zero-order valence-electron chi connectivity index (χ0n) is 19.8. The first kappa shape index (κ1) is 22.7. The summed E-state index contributed by atoms with van der Waals surface area (Å²) in [4.78, 5) is 31.1. The number of aryl methyl sites for hydroxylation is 1. The van der Waals surface area contributed by atoms with Gasteiger partial charge in [-0.1, -0.05) is 17.7 Å². The normalized spacial score (nSPS) is 15.9. The summed E-state index contributed by atoms with van der Waals surface area (Å²) < 4.78 is 5.52. The lowest BCUT2D eigenvalue weighted by Crippen LogP contribution is -2.40. The molecule has 172 valence electrons. The van der Waals surface area contributed by atoms with Crippen LogP contribution >= 0.6 is 0 Å². The van der Waals surface area contributed by atoms with Crippen molar-refractivity contribution in [2.75, 3.05) is 32.6 Å². The molecule has 0 bridgehead atoms. The number of aromatic nitrogens is 3. The molecule has 1 amide bonds. The number of ether oxygens (including phenoxy) is 1. The second kappa shape index (κ2) is 9.98. The first-order valence-corrected chi connectivity index (χ1v) is 11.4. The second-order valence-electron chi connectivity index (χ2n) is 8.69. The predicted octanol–water partition coefficient (Wildman–Crippen LogP) is 4.22. The van der Waals surface area contributed by atoms with Crippen LogP contribution in [0.25, 0.3) is 11.1 Å². The lowest BCUT2D eigenvalue weighted by Gasteiger charge is -2.36. The maximum atomic E-state index is 13.6. The molecular formula is C26H31N5O2. The molecular weight excluding hydrogens is 414 g/mol. The lowest BCUT2D eigenvalue weighted by atomic mass is 9.93. The van der Waals surface area contributed by atoms with Crippen LogP contribution in [-0.4, -0.2) is 53.5 Å². The quantitative estimate of drug-likeness (QED) is 0.566. The molecule has 2 aromatic heterocycles. The molecule has 0 spiro atoms. The van der Waals surface area contributed by atoms with Crippen molar-refractivity contribution in [2.24, 2.45) is 0 Å². The largest absolute Gasteiger partial charge is 0.496 e. The van der Waals surface area contributed by atoms with Crippen LogP contribution in [0.1, 0.15) is 42.1 Å². The standard InChI is InChI=1S/C26H31N5O2/c1-18-8-9-23(33-4)20(15-18)16-24(32)31-14-6-5-7-22(31)25-21(19-10-12-27-13-11-19)17-28-26(29-25)30(2)3/h8-13,15,17,22H,5-7,14,16H2,1-4H3/t22-/m1/s1. The van der Waals surface area contributed by atoms with Crippen LogP contribution in [0.3, 0.4) is 0 Å². The van der Waals surface area contributed by atoms with Gasteiger partial charge < -0.3 is 14.5 Å². The van der Waals surface area contributed by atoms with E-state index in [-0.39, 0.29) is 11.9 Å². The molecule has 1 saturated heterocycles. The van der Waals surface area contributed by atoms with E-state index >= 15 is 0 Å². The van der Waals surface area contributed by atoms with Crippen LogP contribution in [0.2, 0.25) is 0 Å². The molecule has 0 saturated carbocycles. The highest BCUT2D eigenvalue weighted by atomic mass is 16.5. The summed E-state index contributed by atoms with van der Waals surface area (Å²) in [5.74, 6) is 1.48. The van der Waals surface area contributed by atoms with Crippen LogP contribution in [0, 0.1) is 6.92 Å². The molecule has 4 rings (SSSR count).